The van der Waals surface area contributed by atoms with Crippen LogP contribution < -0.4 is 4.72 Å². The molecule has 0 bridgehead atoms. The molecule has 1 aromatic carbocycles. The van der Waals surface area contributed by atoms with Gasteiger partial charge in [0.2, 0.25) is 10.0 Å². The lowest BCUT2D eigenvalue weighted by molar-refractivity contribution is 0.602. The fourth-order valence-corrected chi connectivity index (χ4v) is 2.16. The molecule has 1 aromatic rings. The van der Waals surface area contributed by atoms with Crippen molar-refractivity contribution in [2.45, 2.75) is 6.92 Å². The van der Waals surface area contributed by atoms with Crippen LogP contribution in [-0.2, 0) is 10.0 Å². The van der Waals surface area contributed by atoms with Crippen molar-refractivity contribution >= 4 is 54.2 Å². The molecule has 3 nitrogen and oxygen atoms in total. The fraction of sp³-hybridized carbons (Fsp3) is 0.250. The van der Waals surface area contributed by atoms with Crippen molar-refractivity contribution in [1.82, 2.24) is 0 Å². The van der Waals surface area contributed by atoms with Crippen LogP contribution in [0.15, 0.2) is 22.7 Å². The lowest BCUT2D eigenvalue weighted by Gasteiger charge is -2.06. The zero-order chi connectivity index (χ0) is 10.8. The summed E-state index contributed by atoms with van der Waals surface area (Å²) in [5, 5.41) is 0. The summed E-state index contributed by atoms with van der Waals surface area (Å²) in [6, 6.07) is 5.33. The van der Waals surface area contributed by atoms with Crippen LogP contribution in [0, 0.1) is 3.57 Å². The van der Waals surface area contributed by atoms with Gasteiger partial charge >= 0.3 is 0 Å². The summed E-state index contributed by atoms with van der Waals surface area (Å²) in [6.07, 6.45) is 0. The molecule has 0 radical (unpaired) electrons. The molecule has 0 aliphatic rings. The van der Waals surface area contributed by atoms with Gasteiger partial charge in [0.1, 0.15) is 0 Å². The van der Waals surface area contributed by atoms with Gasteiger partial charge in [-0.15, -0.1) is 0 Å². The van der Waals surface area contributed by atoms with Crippen molar-refractivity contribution in [3.05, 3.63) is 26.2 Å². The Morgan fingerprint density at radius 2 is 2.14 bits per heavy atom. The minimum absolute atomic E-state index is 0.0800. The molecule has 0 amide bonds. The number of rotatable bonds is 3. The summed E-state index contributed by atoms with van der Waals surface area (Å²) in [5.74, 6) is 0.0800. The molecule has 0 saturated carbocycles. The van der Waals surface area contributed by atoms with Crippen LogP contribution in [0.2, 0.25) is 0 Å². The normalized spacial score (nSPS) is 11.4. The SMILES string of the molecule is CCS(=O)(=O)Nc1ccc(I)c(Br)c1. The van der Waals surface area contributed by atoms with Gasteiger partial charge in [-0.25, -0.2) is 8.42 Å². The highest BCUT2D eigenvalue weighted by Gasteiger charge is 2.07. The van der Waals surface area contributed by atoms with E-state index in [1.54, 1.807) is 19.1 Å². The predicted octanol–water partition coefficient (Wildman–Crippen LogP) is 2.82. The number of nitrogens with one attached hydrogen (secondary N) is 1. The van der Waals surface area contributed by atoms with Crippen LogP contribution in [-0.4, -0.2) is 14.2 Å². The molecular weight excluding hydrogens is 381 g/mol. The second kappa shape index (κ2) is 4.80. The first-order valence-electron chi connectivity index (χ1n) is 3.90. The lowest BCUT2D eigenvalue weighted by atomic mass is 10.3. The Morgan fingerprint density at radius 3 is 2.64 bits per heavy atom. The Morgan fingerprint density at radius 1 is 1.50 bits per heavy atom. The Bertz CT molecular complexity index is 433. The topological polar surface area (TPSA) is 46.2 Å². The van der Waals surface area contributed by atoms with Gasteiger partial charge < -0.3 is 0 Å². The van der Waals surface area contributed by atoms with Gasteiger partial charge in [-0.1, -0.05) is 0 Å². The average Bonchev–Trinajstić information content (AvgIpc) is 2.11. The van der Waals surface area contributed by atoms with Gasteiger partial charge in [0, 0.05) is 13.7 Å². The van der Waals surface area contributed by atoms with E-state index in [2.05, 4.69) is 43.2 Å². The van der Waals surface area contributed by atoms with E-state index in [0.29, 0.717) is 5.69 Å². The first kappa shape index (κ1) is 12.3. The summed E-state index contributed by atoms with van der Waals surface area (Å²) >= 11 is 5.50. The van der Waals surface area contributed by atoms with Crippen LogP contribution in [0.1, 0.15) is 6.92 Å². The van der Waals surface area contributed by atoms with Crippen molar-refractivity contribution in [3.63, 3.8) is 0 Å². The molecule has 0 spiro atoms. The minimum Gasteiger partial charge on any atom is -0.284 e. The monoisotopic (exact) mass is 389 g/mol. The fourth-order valence-electron chi connectivity index (χ4n) is 0.811. The highest BCUT2D eigenvalue weighted by molar-refractivity contribution is 14.1. The molecule has 1 N–H and O–H groups in total. The van der Waals surface area contributed by atoms with Crippen LogP contribution in [0.5, 0.6) is 0 Å². The first-order chi connectivity index (χ1) is 6.44. The molecule has 78 valence electrons. The number of benzene rings is 1. The van der Waals surface area contributed by atoms with Crippen LogP contribution >= 0.6 is 38.5 Å². The summed E-state index contributed by atoms with van der Waals surface area (Å²) in [6.45, 7) is 1.60. The smallest absolute Gasteiger partial charge is 0.232 e. The average molecular weight is 390 g/mol. The molecular formula is C8H9BrINO2S. The quantitative estimate of drug-likeness (QED) is 0.808. The maximum Gasteiger partial charge on any atom is 0.232 e. The number of hydrogen-bond donors (Lipinski definition) is 1. The van der Waals surface area contributed by atoms with E-state index in [4.69, 9.17) is 0 Å². The van der Waals surface area contributed by atoms with E-state index in [1.807, 2.05) is 6.07 Å². The highest BCUT2D eigenvalue weighted by atomic mass is 127. The van der Waals surface area contributed by atoms with Gasteiger partial charge in [-0.3, -0.25) is 4.72 Å². The summed E-state index contributed by atoms with van der Waals surface area (Å²) in [7, 11) is -3.18. The standard InChI is InChI=1S/C8H9BrINO2S/c1-2-14(12,13)11-6-3-4-8(10)7(9)5-6/h3-5,11H,2H2,1H3. The number of hydrogen-bond acceptors (Lipinski definition) is 2. The maximum absolute atomic E-state index is 11.2. The van der Waals surface area contributed by atoms with Crippen molar-refractivity contribution < 1.29 is 8.42 Å². The van der Waals surface area contributed by atoms with E-state index < -0.39 is 10.0 Å². The second-order valence-electron chi connectivity index (χ2n) is 2.63. The second-order valence-corrected chi connectivity index (χ2v) is 6.66. The summed E-state index contributed by atoms with van der Waals surface area (Å²) in [4.78, 5) is 0. The molecule has 0 heterocycles. The predicted molar refractivity (Wildman–Crippen MR) is 69.9 cm³/mol. The van der Waals surface area contributed by atoms with Crippen molar-refractivity contribution in [1.29, 1.82) is 0 Å². The van der Waals surface area contributed by atoms with E-state index in [0.717, 1.165) is 8.04 Å². The number of sulfonamides is 1. The third kappa shape index (κ3) is 3.39. The molecule has 14 heavy (non-hydrogen) atoms. The van der Waals surface area contributed by atoms with E-state index in [9.17, 15) is 8.42 Å². The van der Waals surface area contributed by atoms with Crippen molar-refractivity contribution in [2.75, 3.05) is 10.5 Å². The minimum atomic E-state index is -3.18. The lowest BCUT2D eigenvalue weighted by Crippen LogP contribution is -2.14. The third-order valence-electron chi connectivity index (χ3n) is 1.57. The van der Waals surface area contributed by atoms with E-state index >= 15 is 0 Å². The Labute approximate surface area is 106 Å². The molecule has 1 rings (SSSR count). The number of halogens is 2. The van der Waals surface area contributed by atoms with Crippen molar-refractivity contribution in [2.24, 2.45) is 0 Å². The van der Waals surface area contributed by atoms with Gasteiger partial charge in [0.05, 0.1) is 5.75 Å². The molecule has 0 unspecified atom stereocenters. The Kier molecular flexibility index (Phi) is 4.20. The van der Waals surface area contributed by atoms with Gasteiger partial charge in [0.25, 0.3) is 0 Å². The Hall–Kier alpha value is 0.180. The summed E-state index contributed by atoms with van der Waals surface area (Å²) in [5.41, 5.74) is 0.583. The number of anilines is 1. The largest absolute Gasteiger partial charge is 0.284 e. The highest BCUT2D eigenvalue weighted by Crippen LogP contribution is 2.23. The zero-order valence-electron chi connectivity index (χ0n) is 7.42. The molecule has 0 aliphatic heterocycles. The molecule has 0 saturated heterocycles. The van der Waals surface area contributed by atoms with Gasteiger partial charge in [0.15, 0.2) is 0 Å². The summed E-state index contributed by atoms with van der Waals surface area (Å²) < 4.78 is 26.9. The Balaban J connectivity index is 2.94. The maximum atomic E-state index is 11.2. The molecule has 6 heteroatoms. The van der Waals surface area contributed by atoms with E-state index in [1.165, 1.54) is 0 Å². The third-order valence-corrected chi connectivity index (χ3v) is 5.22. The molecule has 0 aliphatic carbocycles. The van der Waals surface area contributed by atoms with Crippen LogP contribution in [0.3, 0.4) is 0 Å². The van der Waals surface area contributed by atoms with Crippen molar-refractivity contribution in [3.8, 4) is 0 Å². The van der Waals surface area contributed by atoms with Crippen LogP contribution in [0.4, 0.5) is 5.69 Å². The first-order valence-corrected chi connectivity index (χ1v) is 7.42. The molecule has 0 aromatic heterocycles. The van der Waals surface area contributed by atoms with Crippen LogP contribution in [0.25, 0.3) is 0 Å². The van der Waals surface area contributed by atoms with E-state index in [-0.39, 0.29) is 5.75 Å². The zero-order valence-corrected chi connectivity index (χ0v) is 12.0. The van der Waals surface area contributed by atoms with Gasteiger partial charge in [-0.05, 0) is 63.6 Å². The molecule has 0 fully saturated rings. The molecule has 0 atom stereocenters. The van der Waals surface area contributed by atoms with Gasteiger partial charge in [-0.2, -0.15) is 0 Å².